The van der Waals surface area contributed by atoms with Crippen molar-refractivity contribution < 1.29 is 5.11 Å². The van der Waals surface area contributed by atoms with Crippen molar-refractivity contribution in [3.8, 4) is 5.75 Å². The number of halogens is 1. The lowest BCUT2D eigenvalue weighted by Gasteiger charge is -2.22. The topological polar surface area (TPSA) is 32.3 Å². The SMILES string of the molecule is Oc1ccc(Cl)c(CC2CCNCC2)c1. The van der Waals surface area contributed by atoms with E-state index >= 15 is 0 Å². The van der Waals surface area contributed by atoms with Crippen LogP contribution in [0.25, 0.3) is 0 Å². The fourth-order valence-corrected chi connectivity index (χ4v) is 2.31. The zero-order valence-electron chi connectivity index (χ0n) is 8.67. The van der Waals surface area contributed by atoms with Gasteiger partial charge in [0.15, 0.2) is 0 Å². The van der Waals surface area contributed by atoms with Crippen LogP contribution in [0.4, 0.5) is 0 Å². The molecule has 0 spiro atoms. The predicted molar refractivity (Wildman–Crippen MR) is 62.4 cm³/mol. The van der Waals surface area contributed by atoms with Gasteiger partial charge < -0.3 is 10.4 Å². The number of rotatable bonds is 2. The van der Waals surface area contributed by atoms with Gasteiger partial charge in [0.2, 0.25) is 0 Å². The second kappa shape index (κ2) is 4.86. The Morgan fingerprint density at radius 2 is 2.07 bits per heavy atom. The molecule has 2 N–H and O–H groups in total. The molecule has 0 unspecified atom stereocenters. The molecule has 0 bridgehead atoms. The van der Waals surface area contributed by atoms with Crippen molar-refractivity contribution >= 4 is 11.6 Å². The van der Waals surface area contributed by atoms with Crippen LogP contribution in [-0.4, -0.2) is 18.2 Å². The number of nitrogens with one attached hydrogen (secondary N) is 1. The van der Waals surface area contributed by atoms with E-state index in [0.717, 1.165) is 30.1 Å². The summed E-state index contributed by atoms with van der Waals surface area (Å²) in [6.07, 6.45) is 3.38. The third-order valence-corrected chi connectivity index (χ3v) is 3.37. The summed E-state index contributed by atoms with van der Waals surface area (Å²) < 4.78 is 0. The standard InChI is InChI=1S/C12H16ClNO/c13-12-2-1-11(15)8-10(12)7-9-3-5-14-6-4-9/h1-2,8-9,14-15H,3-7H2. The number of hydrogen-bond acceptors (Lipinski definition) is 2. The van der Waals surface area contributed by atoms with E-state index in [1.165, 1.54) is 12.8 Å². The van der Waals surface area contributed by atoms with Crippen LogP contribution in [0.3, 0.4) is 0 Å². The first-order chi connectivity index (χ1) is 7.25. The van der Waals surface area contributed by atoms with Crippen LogP contribution < -0.4 is 5.32 Å². The summed E-state index contributed by atoms with van der Waals surface area (Å²) >= 11 is 6.09. The van der Waals surface area contributed by atoms with E-state index in [9.17, 15) is 5.11 Å². The van der Waals surface area contributed by atoms with Gasteiger partial charge >= 0.3 is 0 Å². The molecule has 1 fully saturated rings. The molecule has 2 rings (SSSR count). The van der Waals surface area contributed by atoms with Crippen molar-refractivity contribution in [3.05, 3.63) is 28.8 Å². The summed E-state index contributed by atoms with van der Waals surface area (Å²) in [5, 5.41) is 13.5. The summed E-state index contributed by atoms with van der Waals surface area (Å²) in [4.78, 5) is 0. The summed E-state index contributed by atoms with van der Waals surface area (Å²) in [5.41, 5.74) is 1.07. The number of aromatic hydroxyl groups is 1. The molecule has 3 heteroatoms. The Hall–Kier alpha value is -0.730. The molecule has 82 valence electrons. The minimum atomic E-state index is 0.309. The first-order valence-corrected chi connectivity index (χ1v) is 5.81. The van der Waals surface area contributed by atoms with E-state index in [1.807, 2.05) is 0 Å². The van der Waals surface area contributed by atoms with Crippen LogP contribution in [0.15, 0.2) is 18.2 Å². The molecule has 0 radical (unpaired) electrons. The summed E-state index contributed by atoms with van der Waals surface area (Å²) in [5.74, 6) is 1.01. The van der Waals surface area contributed by atoms with E-state index in [4.69, 9.17) is 11.6 Å². The maximum Gasteiger partial charge on any atom is 0.115 e. The molecule has 15 heavy (non-hydrogen) atoms. The molecule has 1 aromatic rings. The van der Waals surface area contributed by atoms with Gasteiger partial charge in [-0.1, -0.05) is 11.6 Å². The number of phenolic OH excluding ortho intramolecular Hbond substituents is 1. The van der Waals surface area contributed by atoms with Crippen LogP contribution in [0.5, 0.6) is 5.75 Å². The maximum absolute atomic E-state index is 9.40. The Morgan fingerprint density at radius 1 is 1.33 bits per heavy atom. The Bertz CT molecular complexity index is 334. The van der Waals surface area contributed by atoms with Crippen LogP contribution in [0, 0.1) is 5.92 Å². The molecule has 0 aliphatic carbocycles. The quantitative estimate of drug-likeness (QED) is 0.811. The normalized spacial score (nSPS) is 17.9. The van der Waals surface area contributed by atoms with E-state index < -0.39 is 0 Å². The molecular formula is C12H16ClNO. The Kier molecular flexibility index (Phi) is 3.49. The monoisotopic (exact) mass is 225 g/mol. The van der Waals surface area contributed by atoms with Crippen molar-refractivity contribution in [3.63, 3.8) is 0 Å². The highest BCUT2D eigenvalue weighted by Gasteiger charge is 2.15. The second-order valence-corrected chi connectivity index (χ2v) is 4.58. The fraction of sp³-hybridized carbons (Fsp3) is 0.500. The minimum absolute atomic E-state index is 0.309. The van der Waals surface area contributed by atoms with Gasteiger partial charge in [-0.2, -0.15) is 0 Å². The average Bonchev–Trinajstić information content (AvgIpc) is 2.25. The predicted octanol–water partition coefficient (Wildman–Crippen LogP) is 2.59. The smallest absolute Gasteiger partial charge is 0.115 e. The highest BCUT2D eigenvalue weighted by molar-refractivity contribution is 6.31. The lowest BCUT2D eigenvalue weighted by atomic mass is 9.91. The van der Waals surface area contributed by atoms with Gasteiger partial charge in [-0.05, 0) is 62.0 Å². The van der Waals surface area contributed by atoms with Crippen molar-refractivity contribution in [1.82, 2.24) is 5.32 Å². The number of benzene rings is 1. The van der Waals surface area contributed by atoms with E-state index in [2.05, 4.69) is 5.32 Å². The third-order valence-electron chi connectivity index (χ3n) is 3.00. The average molecular weight is 226 g/mol. The van der Waals surface area contributed by atoms with E-state index in [-0.39, 0.29) is 0 Å². The van der Waals surface area contributed by atoms with Crippen LogP contribution in [0.2, 0.25) is 5.02 Å². The third kappa shape index (κ3) is 2.86. The summed E-state index contributed by atoms with van der Waals surface area (Å²) in [6, 6.07) is 5.19. The van der Waals surface area contributed by atoms with Crippen molar-refractivity contribution in [1.29, 1.82) is 0 Å². The zero-order valence-corrected chi connectivity index (χ0v) is 9.43. The Balaban J connectivity index is 2.05. The van der Waals surface area contributed by atoms with E-state index in [0.29, 0.717) is 11.7 Å². The number of piperidine rings is 1. The fourth-order valence-electron chi connectivity index (χ4n) is 2.11. The van der Waals surface area contributed by atoms with Crippen molar-refractivity contribution in [2.75, 3.05) is 13.1 Å². The first-order valence-electron chi connectivity index (χ1n) is 5.44. The molecule has 0 amide bonds. The van der Waals surface area contributed by atoms with Gasteiger partial charge in [0.1, 0.15) is 5.75 Å². The second-order valence-electron chi connectivity index (χ2n) is 4.17. The lowest BCUT2D eigenvalue weighted by Crippen LogP contribution is -2.28. The number of hydrogen-bond donors (Lipinski definition) is 2. The molecule has 1 aliphatic heterocycles. The van der Waals surface area contributed by atoms with Gasteiger partial charge in [-0.15, -0.1) is 0 Å². The maximum atomic E-state index is 9.40. The van der Waals surface area contributed by atoms with Gasteiger partial charge in [0, 0.05) is 5.02 Å². The lowest BCUT2D eigenvalue weighted by molar-refractivity contribution is 0.372. The summed E-state index contributed by atoms with van der Waals surface area (Å²) in [6.45, 7) is 2.20. The minimum Gasteiger partial charge on any atom is -0.508 e. The highest BCUT2D eigenvalue weighted by Crippen LogP contribution is 2.26. The molecule has 0 saturated carbocycles. The zero-order chi connectivity index (χ0) is 10.7. The molecule has 0 aromatic heterocycles. The first kappa shape index (κ1) is 10.8. The van der Waals surface area contributed by atoms with Gasteiger partial charge in [0.25, 0.3) is 0 Å². The van der Waals surface area contributed by atoms with Crippen LogP contribution >= 0.6 is 11.6 Å². The summed E-state index contributed by atoms with van der Waals surface area (Å²) in [7, 11) is 0. The molecule has 0 atom stereocenters. The molecule has 1 aromatic carbocycles. The molecule has 1 aliphatic rings. The Labute approximate surface area is 95.3 Å². The van der Waals surface area contributed by atoms with E-state index in [1.54, 1.807) is 18.2 Å². The van der Waals surface area contributed by atoms with Crippen LogP contribution in [-0.2, 0) is 6.42 Å². The molecule has 1 saturated heterocycles. The van der Waals surface area contributed by atoms with Crippen molar-refractivity contribution in [2.24, 2.45) is 5.92 Å². The molecule has 1 heterocycles. The van der Waals surface area contributed by atoms with Crippen molar-refractivity contribution in [2.45, 2.75) is 19.3 Å². The largest absolute Gasteiger partial charge is 0.508 e. The molecule has 2 nitrogen and oxygen atoms in total. The Morgan fingerprint density at radius 3 is 2.80 bits per heavy atom. The van der Waals surface area contributed by atoms with Gasteiger partial charge in [-0.3, -0.25) is 0 Å². The van der Waals surface area contributed by atoms with Gasteiger partial charge in [0.05, 0.1) is 0 Å². The highest BCUT2D eigenvalue weighted by atomic mass is 35.5. The number of phenols is 1. The van der Waals surface area contributed by atoms with Crippen LogP contribution in [0.1, 0.15) is 18.4 Å². The van der Waals surface area contributed by atoms with Gasteiger partial charge in [-0.25, -0.2) is 0 Å². The molecular weight excluding hydrogens is 210 g/mol.